The van der Waals surface area contributed by atoms with Gasteiger partial charge >= 0.3 is 0 Å². The molecule has 5 rings (SSSR count). The maximum absolute atomic E-state index is 6.48. The molecular weight excluding hydrogens is 416 g/mol. The molecule has 3 N–H and O–H groups in total. The molecule has 8 nitrogen and oxygen atoms in total. The molecule has 2 aliphatic rings. The van der Waals surface area contributed by atoms with E-state index in [4.69, 9.17) is 9.47 Å². The third-order valence-corrected chi connectivity index (χ3v) is 6.55. The van der Waals surface area contributed by atoms with Crippen molar-refractivity contribution >= 4 is 5.96 Å². The van der Waals surface area contributed by atoms with Gasteiger partial charge in [0.25, 0.3) is 0 Å². The van der Waals surface area contributed by atoms with Crippen LogP contribution in [0, 0.1) is 0 Å². The number of fused-ring (bicyclic) bond motifs is 1. The summed E-state index contributed by atoms with van der Waals surface area (Å²) < 4.78 is 11.7. The lowest BCUT2D eigenvalue weighted by Crippen LogP contribution is -2.46. The highest BCUT2D eigenvalue weighted by molar-refractivity contribution is 5.80. The largest absolute Gasteiger partial charge is 0.497 e. The zero-order chi connectivity index (χ0) is 22.7. The van der Waals surface area contributed by atoms with Crippen molar-refractivity contribution in [2.75, 3.05) is 14.2 Å². The quantitative estimate of drug-likeness (QED) is 0.405. The van der Waals surface area contributed by atoms with Crippen LogP contribution in [0.15, 0.2) is 53.5 Å². The first-order valence-corrected chi connectivity index (χ1v) is 11.5. The van der Waals surface area contributed by atoms with E-state index in [2.05, 4.69) is 49.0 Å². The molecule has 1 unspecified atom stereocenters. The van der Waals surface area contributed by atoms with Gasteiger partial charge in [0.1, 0.15) is 22.9 Å². The number of para-hydroxylation sites is 1. The molecule has 8 heteroatoms. The van der Waals surface area contributed by atoms with E-state index in [-0.39, 0.29) is 11.6 Å². The summed E-state index contributed by atoms with van der Waals surface area (Å²) in [5.41, 5.74) is 2.05. The summed E-state index contributed by atoms with van der Waals surface area (Å²) >= 11 is 0. The summed E-state index contributed by atoms with van der Waals surface area (Å²) in [7, 11) is 3.44. The fourth-order valence-corrected chi connectivity index (χ4v) is 4.84. The molecule has 1 spiro atoms. The lowest BCUT2D eigenvalue weighted by molar-refractivity contribution is 0.0396. The Hall–Kier alpha value is -3.55. The predicted octanol–water partition coefficient (Wildman–Crippen LogP) is 3.98. The molecule has 1 aliphatic heterocycles. The Kier molecular flexibility index (Phi) is 5.90. The van der Waals surface area contributed by atoms with Crippen molar-refractivity contribution in [3.05, 3.63) is 59.9 Å². The predicted molar refractivity (Wildman–Crippen MR) is 127 cm³/mol. The zero-order valence-corrected chi connectivity index (χ0v) is 19.1. The van der Waals surface area contributed by atoms with Gasteiger partial charge in [0, 0.05) is 24.6 Å². The SMILES string of the molecule is CN=C(NCc1nc(-c2ccc(OC)cc2)n[nH]1)NC1CC2(CCCC2)Oc2ccccc21. The molecule has 1 saturated carbocycles. The minimum absolute atomic E-state index is 0.0664. The number of benzene rings is 2. The Balaban J connectivity index is 1.25. The number of aliphatic imine (C=N–C) groups is 1. The van der Waals surface area contributed by atoms with Crippen LogP contribution in [0.3, 0.4) is 0 Å². The first-order chi connectivity index (χ1) is 16.2. The van der Waals surface area contributed by atoms with Crippen LogP contribution in [-0.4, -0.2) is 40.9 Å². The second kappa shape index (κ2) is 9.13. The molecular formula is C25H30N6O2. The van der Waals surface area contributed by atoms with E-state index in [9.17, 15) is 0 Å². The van der Waals surface area contributed by atoms with Gasteiger partial charge in [-0.3, -0.25) is 10.1 Å². The highest BCUT2D eigenvalue weighted by atomic mass is 16.5. The number of nitrogens with one attached hydrogen (secondary N) is 3. The molecule has 1 atom stereocenters. The minimum Gasteiger partial charge on any atom is -0.497 e. The van der Waals surface area contributed by atoms with Crippen LogP contribution in [0.5, 0.6) is 11.5 Å². The van der Waals surface area contributed by atoms with Crippen molar-refractivity contribution in [3.8, 4) is 22.9 Å². The van der Waals surface area contributed by atoms with E-state index in [1.807, 2.05) is 30.3 Å². The van der Waals surface area contributed by atoms with Crippen molar-refractivity contribution in [3.63, 3.8) is 0 Å². The van der Waals surface area contributed by atoms with E-state index in [1.165, 1.54) is 18.4 Å². The number of nitrogens with zero attached hydrogens (tertiary/aromatic N) is 3. The van der Waals surface area contributed by atoms with Gasteiger partial charge in [-0.15, -0.1) is 0 Å². The fourth-order valence-electron chi connectivity index (χ4n) is 4.84. The summed E-state index contributed by atoms with van der Waals surface area (Å²) in [6.45, 7) is 0.485. The number of aromatic amines is 1. The number of ether oxygens (including phenoxy) is 2. The second-order valence-corrected chi connectivity index (χ2v) is 8.69. The standard InChI is InChI=1S/C25H30N6O2/c1-26-24(27-16-22-29-23(31-30-22)17-9-11-18(32-2)12-10-17)28-20-15-25(13-5-6-14-25)33-21-8-4-3-7-19(20)21/h3-4,7-12,20H,5-6,13-16H2,1-2H3,(H2,26,27,28)(H,29,30,31). The molecule has 1 aliphatic carbocycles. The van der Waals surface area contributed by atoms with Gasteiger partial charge in [-0.1, -0.05) is 18.2 Å². The second-order valence-electron chi connectivity index (χ2n) is 8.69. The molecule has 33 heavy (non-hydrogen) atoms. The van der Waals surface area contributed by atoms with Crippen molar-refractivity contribution in [2.24, 2.45) is 4.99 Å². The Morgan fingerprint density at radius 3 is 2.73 bits per heavy atom. The van der Waals surface area contributed by atoms with Crippen molar-refractivity contribution < 1.29 is 9.47 Å². The number of methoxy groups -OCH3 is 1. The molecule has 0 radical (unpaired) electrons. The molecule has 1 fully saturated rings. The smallest absolute Gasteiger partial charge is 0.191 e. The molecule has 0 amide bonds. The molecule has 0 bridgehead atoms. The van der Waals surface area contributed by atoms with E-state index in [1.54, 1.807) is 14.2 Å². The van der Waals surface area contributed by atoms with Crippen LogP contribution >= 0.6 is 0 Å². The maximum Gasteiger partial charge on any atom is 0.191 e. The van der Waals surface area contributed by atoms with Crippen molar-refractivity contribution in [1.29, 1.82) is 0 Å². The van der Waals surface area contributed by atoms with Crippen LogP contribution in [0.25, 0.3) is 11.4 Å². The third kappa shape index (κ3) is 4.51. The van der Waals surface area contributed by atoms with Crippen molar-refractivity contribution in [2.45, 2.75) is 50.3 Å². The van der Waals surface area contributed by atoms with Crippen LogP contribution in [0.4, 0.5) is 0 Å². The number of hydrogen-bond acceptors (Lipinski definition) is 5. The molecule has 172 valence electrons. The summed E-state index contributed by atoms with van der Waals surface area (Å²) in [6.07, 6.45) is 5.61. The lowest BCUT2D eigenvalue weighted by atomic mass is 9.86. The van der Waals surface area contributed by atoms with Gasteiger partial charge in [0.05, 0.1) is 19.7 Å². The Bertz CT molecular complexity index is 1120. The average Bonchev–Trinajstić information content (AvgIpc) is 3.51. The molecule has 2 aromatic carbocycles. The van der Waals surface area contributed by atoms with Gasteiger partial charge in [0.2, 0.25) is 0 Å². The van der Waals surface area contributed by atoms with Gasteiger partial charge in [-0.05, 0) is 56.0 Å². The lowest BCUT2D eigenvalue weighted by Gasteiger charge is -2.40. The molecule has 0 saturated heterocycles. The first-order valence-electron chi connectivity index (χ1n) is 11.5. The normalized spacial score (nSPS) is 19.1. The number of hydrogen-bond donors (Lipinski definition) is 3. The number of aromatic nitrogens is 3. The van der Waals surface area contributed by atoms with E-state index >= 15 is 0 Å². The monoisotopic (exact) mass is 446 g/mol. The van der Waals surface area contributed by atoms with E-state index in [0.717, 1.165) is 48.1 Å². The minimum atomic E-state index is -0.0664. The maximum atomic E-state index is 6.48. The Morgan fingerprint density at radius 2 is 1.97 bits per heavy atom. The third-order valence-electron chi connectivity index (χ3n) is 6.55. The summed E-state index contributed by atoms with van der Waals surface area (Å²) in [6, 6.07) is 16.2. The number of rotatable bonds is 5. The van der Waals surface area contributed by atoms with Crippen molar-refractivity contribution in [1.82, 2.24) is 25.8 Å². The highest BCUT2D eigenvalue weighted by Gasteiger charge is 2.43. The fraction of sp³-hybridized carbons (Fsp3) is 0.400. The summed E-state index contributed by atoms with van der Waals surface area (Å²) in [5, 5.41) is 14.3. The topological polar surface area (TPSA) is 96.5 Å². The summed E-state index contributed by atoms with van der Waals surface area (Å²) in [5.74, 6) is 3.91. The van der Waals surface area contributed by atoms with Gasteiger partial charge in [-0.25, -0.2) is 4.98 Å². The van der Waals surface area contributed by atoms with Crippen LogP contribution < -0.4 is 20.1 Å². The Labute approximate surface area is 193 Å². The average molecular weight is 447 g/mol. The van der Waals surface area contributed by atoms with Crippen LogP contribution in [-0.2, 0) is 6.54 Å². The first kappa shape index (κ1) is 21.3. The molecule has 3 aromatic rings. The van der Waals surface area contributed by atoms with Gasteiger partial charge in [-0.2, -0.15) is 5.10 Å². The van der Waals surface area contributed by atoms with Gasteiger partial charge < -0.3 is 20.1 Å². The number of H-pyrrole nitrogens is 1. The Morgan fingerprint density at radius 1 is 1.18 bits per heavy atom. The highest BCUT2D eigenvalue weighted by Crippen LogP contribution is 2.46. The van der Waals surface area contributed by atoms with Gasteiger partial charge in [0.15, 0.2) is 11.8 Å². The number of guanidine groups is 1. The molecule has 1 aromatic heterocycles. The van der Waals surface area contributed by atoms with E-state index < -0.39 is 0 Å². The zero-order valence-electron chi connectivity index (χ0n) is 19.1. The van der Waals surface area contributed by atoms with E-state index in [0.29, 0.717) is 12.4 Å². The van der Waals surface area contributed by atoms with Crippen LogP contribution in [0.1, 0.15) is 49.5 Å². The molecule has 2 heterocycles. The summed E-state index contributed by atoms with van der Waals surface area (Å²) in [4.78, 5) is 9.06. The van der Waals surface area contributed by atoms with Crippen LogP contribution in [0.2, 0.25) is 0 Å².